The molecule has 1 N–H and O–H groups in total. The first kappa shape index (κ1) is 16.9. The molecule has 0 saturated heterocycles. The van der Waals surface area contributed by atoms with Gasteiger partial charge in [0.25, 0.3) is 0 Å². The second-order valence-electron chi connectivity index (χ2n) is 5.32. The lowest BCUT2D eigenvalue weighted by molar-refractivity contribution is -0.116. The number of rotatable bonds is 7. The van der Waals surface area contributed by atoms with Gasteiger partial charge in [0.1, 0.15) is 11.5 Å². The Labute approximate surface area is 137 Å². The van der Waals surface area contributed by atoms with E-state index >= 15 is 0 Å². The zero-order chi connectivity index (χ0) is 16.7. The van der Waals surface area contributed by atoms with E-state index in [9.17, 15) is 4.79 Å². The van der Waals surface area contributed by atoms with Crippen LogP contribution >= 0.6 is 0 Å². The Morgan fingerprint density at radius 3 is 2.04 bits per heavy atom. The monoisotopic (exact) mass is 313 g/mol. The SMILES string of the molecule is CCc1ccc(CCC(=O)Nc2cc(OC)cc(OC)c2)cc1. The molecule has 0 aliphatic rings. The molecule has 0 aliphatic heterocycles. The highest BCUT2D eigenvalue weighted by Crippen LogP contribution is 2.25. The summed E-state index contributed by atoms with van der Waals surface area (Å²) in [6.07, 6.45) is 2.18. The van der Waals surface area contributed by atoms with Gasteiger partial charge < -0.3 is 14.8 Å². The summed E-state index contributed by atoms with van der Waals surface area (Å²) in [6, 6.07) is 13.7. The van der Waals surface area contributed by atoms with Gasteiger partial charge in [0, 0.05) is 30.3 Å². The molecular weight excluding hydrogens is 290 g/mol. The molecule has 23 heavy (non-hydrogen) atoms. The Bertz CT molecular complexity index is 628. The summed E-state index contributed by atoms with van der Waals surface area (Å²) in [6.45, 7) is 2.13. The van der Waals surface area contributed by atoms with Crippen LogP contribution in [0.4, 0.5) is 5.69 Å². The van der Waals surface area contributed by atoms with E-state index in [2.05, 4.69) is 36.5 Å². The number of methoxy groups -OCH3 is 2. The molecule has 122 valence electrons. The van der Waals surface area contributed by atoms with Gasteiger partial charge in [-0.25, -0.2) is 0 Å². The molecule has 0 fully saturated rings. The first-order valence-electron chi connectivity index (χ1n) is 7.75. The number of carbonyl (C=O) groups is 1. The molecule has 0 unspecified atom stereocenters. The molecule has 0 radical (unpaired) electrons. The standard InChI is InChI=1S/C19H23NO3/c1-4-14-5-7-15(8-6-14)9-10-19(21)20-16-11-17(22-2)13-18(12-16)23-3/h5-8,11-13H,4,9-10H2,1-3H3,(H,20,21). The number of hydrogen-bond donors (Lipinski definition) is 1. The number of anilines is 1. The molecular formula is C19H23NO3. The Kier molecular flexibility index (Phi) is 6.03. The molecule has 0 aromatic heterocycles. The van der Waals surface area contributed by atoms with Crippen LogP contribution < -0.4 is 14.8 Å². The van der Waals surface area contributed by atoms with Crippen LogP contribution in [-0.4, -0.2) is 20.1 Å². The van der Waals surface area contributed by atoms with E-state index in [1.165, 1.54) is 11.1 Å². The van der Waals surface area contributed by atoms with Crippen LogP contribution in [0.2, 0.25) is 0 Å². The zero-order valence-corrected chi connectivity index (χ0v) is 13.9. The van der Waals surface area contributed by atoms with Gasteiger partial charge >= 0.3 is 0 Å². The van der Waals surface area contributed by atoms with Gasteiger partial charge in [-0.3, -0.25) is 4.79 Å². The number of hydrogen-bond acceptors (Lipinski definition) is 3. The number of carbonyl (C=O) groups excluding carboxylic acids is 1. The Balaban J connectivity index is 1.93. The van der Waals surface area contributed by atoms with Crippen molar-refractivity contribution in [3.05, 3.63) is 53.6 Å². The molecule has 0 bridgehead atoms. The van der Waals surface area contributed by atoms with Crippen LogP contribution in [-0.2, 0) is 17.6 Å². The van der Waals surface area contributed by atoms with E-state index in [-0.39, 0.29) is 5.91 Å². The maximum absolute atomic E-state index is 12.1. The third-order valence-electron chi connectivity index (χ3n) is 3.71. The van der Waals surface area contributed by atoms with Gasteiger partial charge in [0.15, 0.2) is 0 Å². The van der Waals surface area contributed by atoms with Crippen molar-refractivity contribution in [3.8, 4) is 11.5 Å². The van der Waals surface area contributed by atoms with E-state index in [1.807, 2.05) is 0 Å². The van der Waals surface area contributed by atoms with E-state index in [4.69, 9.17) is 9.47 Å². The topological polar surface area (TPSA) is 47.6 Å². The van der Waals surface area contributed by atoms with Gasteiger partial charge in [0.05, 0.1) is 14.2 Å². The quantitative estimate of drug-likeness (QED) is 0.845. The highest BCUT2D eigenvalue weighted by atomic mass is 16.5. The summed E-state index contributed by atoms with van der Waals surface area (Å²) >= 11 is 0. The van der Waals surface area contributed by atoms with Crippen molar-refractivity contribution in [2.45, 2.75) is 26.2 Å². The van der Waals surface area contributed by atoms with Crippen molar-refractivity contribution in [2.24, 2.45) is 0 Å². The van der Waals surface area contributed by atoms with Gasteiger partial charge in [0.2, 0.25) is 5.91 Å². The van der Waals surface area contributed by atoms with Crippen molar-refractivity contribution in [1.82, 2.24) is 0 Å². The summed E-state index contributed by atoms with van der Waals surface area (Å²) in [7, 11) is 3.17. The lowest BCUT2D eigenvalue weighted by Gasteiger charge is -2.10. The smallest absolute Gasteiger partial charge is 0.224 e. The van der Waals surface area contributed by atoms with E-state index in [1.54, 1.807) is 32.4 Å². The second kappa shape index (κ2) is 8.22. The Morgan fingerprint density at radius 1 is 0.957 bits per heavy atom. The fourth-order valence-corrected chi connectivity index (χ4v) is 2.30. The van der Waals surface area contributed by atoms with Crippen molar-refractivity contribution in [2.75, 3.05) is 19.5 Å². The third kappa shape index (κ3) is 5.02. The molecule has 4 nitrogen and oxygen atoms in total. The van der Waals surface area contributed by atoms with Gasteiger partial charge in [-0.2, -0.15) is 0 Å². The van der Waals surface area contributed by atoms with Crippen LogP contribution in [0.1, 0.15) is 24.5 Å². The molecule has 0 spiro atoms. The van der Waals surface area contributed by atoms with E-state index < -0.39 is 0 Å². The molecule has 4 heteroatoms. The lowest BCUT2D eigenvalue weighted by atomic mass is 10.1. The molecule has 1 amide bonds. The summed E-state index contributed by atoms with van der Waals surface area (Å²) in [5, 5.41) is 2.89. The highest BCUT2D eigenvalue weighted by molar-refractivity contribution is 5.91. The average molecular weight is 313 g/mol. The number of aryl methyl sites for hydroxylation is 2. The van der Waals surface area contributed by atoms with Gasteiger partial charge in [-0.05, 0) is 24.0 Å². The summed E-state index contributed by atoms with van der Waals surface area (Å²) in [4.78, 5) is 12.1. The summed E-state index contributed by atoms with van der Waals surface area (Å²) < 4.78 is 10.4. The predicted octanol–water partition coefficient (Wildman–Crippen LogP) is 3.84. The van der Waals surface area contributed by atoms with Gasteiger partial charge in [-0.15, -0.1) is 0 Å². The number of amides is 1. The van der Waals surface area contributed by atoms with E-state index in [0.717, 1.165) is 12.8 Å². The zero-order valence-electron chi connectivity index (χ0n) is 13.9. The largest absolute Gasteiger partial charge is 0.497 e. The van der Waals surface area contributed by atoms with Crippen molar-refractivity contribution >= 4 is 11.6 Å². The molecule has 0 atom stereocenters. The number of nitrogens with one attached hydrogen (secondary N) is 1. The molecule has 2 aromatic carbocycles. The van der Waals surface area contributed by atoms with E-state index in [0.29, 0.717) is 23.6 Å². The molecule has 0 heterocycles. The van der Waals surface area contributed by atoms with Gasteiger partial charge in [-0.1, -0.05) is 31.2 Å². The molecule has 0 saturated carbocycles. The number of ether oxygens (including phenoxy) is 2. The van der Waals surface area contributed by atoms with Crippen LogP contribution in [0.5, 0.6) is 11.5 Å². The minimum Gasteiger partial charge on any atom is -0.497 e. The fraction of sp³-hybridized carbons (Fsp3) is 0.316. The van der Waals surface area contributed by atoms with Crippen molar-refractivity contribution in [1.29, 1.82) is 0 Å². The van der Waals surface area contributed by atoms with Crippen LogP contribution in [0.3, 0.4) is 0 Å². The number of benzene rings is 2. The lowest BCUT2D eigenvalue weighted by Crippen LogP contribution is -2.12. The average Bonchev–Trinajstić information content (AvgIpc) is 2.60. The minimum atomic E-state index is -0.0279. The maximum Gasteiger partial charge on any atom is 0.224 e. The van der Waals surface area contributed by atoms with Crippen LogP contribution in [0.25, 0.3) is 0 Å². The van der Waals surface area contributed by atoms with Crippen molar-refractivity contribution in [3.63, 3.8) is 0 Å². The Hall–Kier alpha value is -2.49. The second-order valence-corrected chi connectivity index (χ2v) is 5.32. The fourth-order valence-electron chi connectivity index (χ4n) is 2.30. The third-order valence-corrected chi connectivity index (χ3v) is 3.71. The van der Waals surface area contributed by atoms with Crippen LogP contribution in [0, 0.1) is 0 Å². The Morgan fingerprint density at radius 2 is 1.52 bits per heavy atom. The summed E-state index contributed by atoms with van der Waals surface area (Å²) in [5.74, 6) is 1.27. The molecule has 0 aliphatic carbocycles. The highest BCUT2D eigenvalue weighted by Gasteiger charge is 2.07. The van der Waals surface area contributed by atoms with Crippen LogP contribution in [0.15, 0.2) is 42.5 Å². The first-order valence-corrected chi connectivity index (χ1v) is 7.75. The normalized spacial score (nSPS) is 10.2. The first-order chi connectivity index (χ1) is 11.1. The maximum atomic E-state index is 12.1. The molecule has 2 rings (SSSR count). The summed E-state index contributed by atoms with van der Waals surface area (Å²) in [5.41, 5.74) is 3.15. The molecule has 2 aromatic rings. The predicted molar refractivity (Wildman–Crippen MR) is 92.3 cm³/mol. The minimum absolute atomic E-state index is 0.0279. The van der Waals surface area contributed by atoms with Crippen molar-refractivity contribution < 1.29 is 14.3 Å².